The van der Waals surface area contributed by atoms with E-state index in [0.29, 0.717) is 6.42 Å². The van der Waals surface area contributed by atoms with Crippen LogP contribution in [-0.2, 0) is 9.59 Å². The second-order valence-corrected chi connectivity index (χ2v) is 4.53. The van der Waals surface area contributed by atoms with E-state index in [1.165, 1.54) is 0 Å². The highest BCUT2D eigenvalue weighted by Gasteiger charge is 2.43. The van der Waals surface area contributed by atoms with Gasteiger partial charge in [0.15, 0.2) is 0 Å². The lowest BCUT2D eigenvalue weighted by Gasteiger charge is -2.25. The second kappa shape index (κ2) is 3.13. The standard InChI is InChI=1S/C10H16O3/c1-6-4-7(5-8(6)11)10(2,3)9(12)13/h6-7H,4-5H2,1-3H3,(H,12,13). The summed E-state index contributed by atoms with van der Waals surface area (Å²) in [6, 6.07) is 0. The summed E-state index contributed by atoms with van der Waals surface area (Å²) < 4.78 is 0. The van der Waals surface area contributed by atoms with Gasteiger partial charge in [-0.3, -0.25) is 9.59 Å². The van der Waals surface area contributed by atoms with Crippen LogP contribution in [0.4, 0.5) is 0 Å². The number of carbonyl (C=O) groups excluding carboxylic acids is 1. The predicted molar refractivity (Wildman–Crippen MR) is 48.3 cm³/mol. The van der Waals surface area contributed by atoms with E-state index >= 15 is 0 Å². The van der Waals surface area contributed by atoms with Gasteiger partial charge in [0.1, 0.15) is 5.78 Å². The number of ketones is 1. The number of carboxylic acid groups (broad SMARTS) is 1. The van der Waals surface area contributed by atoms with Crippen molar-refractivity contribution in [1.82, 2.24) is 0 Å². The van der Waals surface area contributed by atoms with Crippen LogP contribution in [0.3, 0.4) is 0 Å². The summed E-state index contributed by atoms with van der Waals surface area (Å²) in [5.74, 6) is -0.546. The molecule has 0 aliphatic heterocycles. The molecule has 2 atom stereocenters. The molecule has 1 rings (SSSR count). The molecular weight excluding hydrogens is 168 g/mol. The Bertz CT molecular complexity index is 243. The minimum absolute atomic E-state index is 0.00694. The molecule has 0 aromatic rings. The summed E-state index contributed by atoms with van der Waals surface area (Å²) in [6.45, 7) is 5.27. The van der Waals surface area contributed by atoms with Gasteiger partial charge in [-0.1, -0.05) is 6.92 Å². The molecule has 1 saturated carbocycles. The van der Waals surface area contributed by atoms with Crippen LogP contribution >= 0.6 is 0 Å². The minimum atomic E-state index is -0.806. The van der Waals surface area contributed by atoms with E-state index in [4.69, 9.17) is 5.11 Å². The molecule has 3 nitrogen and oxygen atoms in total. The van der Waals surface area contributed by atoms with Crippen molar-refractivity contribution >= 4 is 11.8 Å². The molecule has 0 aromatic heterocycles. The molecule has 0 amide bonds. The maximum absolute atomic E-state index is 11.3. The van der Waals surface area contributed by atoms with Crippen LogP contribution in [0.15, 0.2) is 0 Å². The quantitative estimate of drug-likeness (QED) is 0.710. The molecule has 13 heavy (non-hydrogen) atoms. The Balaban J connectivity index is 2.75. The molecule has 1 fully saturated rings. The first kappa shape index (κ1) is 10.2. The SMILES string of the molecule is CC1CC(C(C)(C)C(=O)O)CC1=O. The molecule has 1 aliphatic carbocycles. The number of rotatable bonds is 2. The third-order valence-corrected chi connectivity index (χ3v) is 3.21. The highest BCUT2D eigenvalue weighted by molar-refractivity contribution is 5.85. The number of carboxylic acids is 1. The van der Waals surface area contributed by atoms with Crippen molar-refractivity contribution in [2.24, 2.45) is 17.3 Å². The van der Waals surface area contributed by atoms with Crippen LogP contribution in [0.25, 0.3) is 0 Å². The molecular formula is C10H16O3. The van der Waals surface area contributed by atoms with E-state index in [1.807, 2.05) is 6.92 Å². The first-order valence-corrected chi connectivity index (χ1v) is 4.61. The van der Waals surface area contributed by atoms with Gasteiger partial charge in [0.05, 0.1) is 5.41 Å². The summed E-state index contributed by atoms with van der Waals surface area (Å²) in [5.41, 5.74) is -0.763. The average molecular weight is 184 g/mol. The lowest BCUT2D eigenvalue weighted by molar-refractivity contribution is -0.150. The number of hydrogen-bond acceptors (Lipinski definition) is 2. The van der Waals surface area contributed by atoms with Gasteiger partial charge in [-0.05, 0) is 26.2 Å². The molecule has 1 N–H and O–H groups in total. The predicted octanol–water partition coefficient (Wildman–Crippen LogP) is 1.71. The van der Waals surface area contributed by atoms with Gasteiger partial charge in [-0.25, -0.2) is 0 Å². The zero-order valence-corrected chi connectivity index (χ0v) is 8.33. The molecule has 0 heterocycles. The normalized spacial score (nSPS) is 29.3. The fraction of sp³-hybridized carbons (Fsp3) is 0.800. The minimum Gasteiger partial charge on any atom is -0.481 e. The smallest absolute Gasteiger partial charge is 0.309 e. The van der Waals surface area contributed by atoms with E-state index in [-0.39, 0.29) is 17.6 Å². The molecule has 0 saturated heterocycles. The molecule has 1 aliphatic rings. The summed E-state index contributed by atoms with van der Waals surface area (Å²) >= 11 is 0. The van der Waals surface area contributed by atoms with Crippen LogP contribution in [0.5, 0.6) is 0 Å². The van der Waals surface area contributed by atoms with Crippen molar-refractivity contribution in [2.75, 3.05) is 0 Å². The van der Waals surface area contributed by atoms with Crippen LogP contribution in [-0.4, -0.2) is 16.9 Å². The molecule has 0 radical (unpaired) electrons. The van der Waals surface area contributed by atoms with Crippen molar-refractivity contribution in [3.05, 3.63) is 0 Å². The number of carbonyl (C=O) groups is 2. The van der Waals surface area contributed by atoms with Crippen molar-refractivity contribution in [3.63, 3.8) is 0 Å². The topological polar surface area (TPSA) is 54.4 Å². The number of aliphatic carboxylic acids is 1. The van der Waals surface area contributed by atoms with Gasteiger partial charge in [-0.15, -0.1) is 0 Å². The van der Waals surface area contributed by atoms with Crippen molar-refractivity contribution in [1.29, 1.82) is 0 Å². The van der Waals surface area contributed by atoms with Gasteiger partial charge in [0.2, 0.25) is 0 Å². The Morgan fingerprint density at radius 2 is 2.08 bits per heavy atom. The van der Waals surface area contributed by atoms with Gasteiger partial charge >= 0.3 is 5.97 Å². The highest BCUT2D eigenvalue weighted by Crippen LogP contribution is 2.40. The molecule has 0 spiro atoms. The average Bonchev–Trinajstić information content (AvgIpc) is 2.32. The Hall–Kier alpha value is -0.860. The van der Waals surface area contributed by atoms with Gasteiger partial charge in [-0.2, -0.15) is 0 Å². The first-order valence-electron chi connectivity index (χ1n) is 4.61. The van der Waals surface area contributed by atoms with Crippen LogP contribution in [0.2, 0.25) is 0 Å². The lowest BCUT2D eigenvalue weighted by Crippen LogP contribution is -2.31. The summed E-state index contributed by atoms with van der Waals surface area (Å²) in [4.78, 5) is 22.2. The van der Waals surface area contributed by atoms with Crippen LogP contribution < -0.4 is 0 Å². The maximum Gasteiger partial charge on any atom is 0.309 e. The molecule has 74 valence electrons. The van der Waals surface area contributed by atoms with Crippen LogP contribution in [0, 0.1) is 17.3 Å². The van der Waals surface area contributed by atoms with Crippen molar-refractivity contribution in [3.8, 4) is 0 Å². The maximum atomic E-state index is 11.3. The third-order valence-electron chi connectivity index (χ3n) is 3.21. The van der Waals surface area contributed by atoms with Gasteiger partial charge in [0, 0.05) is 12.3 Å². The zero-order chi connectivity index (χ0) is 10.2. The van der Waals surface area contributed by atoms with Crippen molar-refractivity contribution < 1.29 is 14.7 Å². The van der Waals surface area contributed by atoms with Gasteiger partial charge in [0.25, 0.3) is 0 Å². The Kier molecular flexibility index (Phi) is 2.46. The number of hydrogen-bond donors (Lipinski definition) is 1. The van der Waals surface area contributed by atoms with Crippen LogP contribution in [0.1, 0.15) is 33.6 Å². The zero-order valence-electron chi connectivity index (χ0n) is 8.33. The fourth-order valence-electron chi connectivity index (χ4n) is 1.81. The van der Waals surface area contributed by atoms with E-state index in [1.54, 1.807) is 13.8 Å². The lowest BCUT2D eigenvalue weighted by atomic mass is 9.77. The monoisotopic (exact) mass is 184 g/mol. The van der Waals surface area contributed by atoms with E-state index < -0.39 is 11.4 Å². The molecule has 0 aromatic carbocycles. The first-order chi connectivity index (χ1) is 5.85. The summed E-state index contributed by atoms with van der Waals surface area (Å²) in [6.07, 6.45) is 1.15. The van der Waals surface area contributed by atoms with Crippen molar-refractivity contribution in [2.45, 2.75) is 33.6 Å². The fourth-order valence-corrected chi connectivity index (χ4v) is 1.81. The third kappa shape index (κ3) is 1.74. The van der Waals surface area contributed by atoms with E-state index in [0.717, 1.165) is 6.42 Å². The number of Topliss-reactive ketones (excluding diaryl/α,β-unsaturated/α-hetero) is 1. The Labute approximate surface area is 78.1 Å². The highest BCUT2D eigenvalue weighted by atomic mass is 16.4. The molecule has 0 bridgehead atoms. The largest absolute Gasteiger partial charge is 0.481 e. The Morgan fingerprint density at radius 1 is 1.54 bits per heavy atom. The summed E-state index contributed by atoms with van der Waals surface area (Å²) in [7, 11) is 0. The summed E-state index contributed by atoms with van der Waals surface area (Å²) in [5, 5.41) is 8.96. The molecule has 2 unspecified atom stereocenters. The second-order valence-electron chi connectivity index (χ2n) is 4.53. The Morgan fingerprint density at radius 3 is 2.38 bits per heavy atom. The van der Waals surface area contributed by atoms with Gasteiger partial charge < -0.3 is 5.11 Å². The van der Waals surface area contributed by atoms with E-state index in [9.17, 15) is 9.59 Å². The molecule has 3 heteroatoms. The van der Waals surface area contributed by atoms with E-state index in [2.05, 4.69) is 0 Å².